The predicted octanol–water partition coefficient (Wildman–Crippen LogP) is 19.6. The number of methoxy groups -OCH3 is 4. The molecule has 0 bridgehead atoms. The normalized spacial score (nSPS) is 11.2. The highest BCUT2D eigenvalue weighted by Crippen LogP contribution is 2.37. The molecule has 0 aliphatic carbocycles. The number of H-pyrrole nitrogens is 4. The summed E-state index contributed by atoms with van der Waals surface area (Å²) in [4.78, 5) is 51.2. The molecule has 0 fully saturated rings. The van der Waals surface area contributed by atoms with Gasteiger partial charge in [-0.3, -0.25) is 39.6 Å². The lowest BCUT2D eigenvalue weighted by atomic mass is 10.1. The van der Waals surface area contributed by atoms with Gasteiger partial charge in [-0.2, -0.15) is 20.4 Å². The van der Waals surface area contributed by atoms with Gasteiger partial charge in [-0.05, 0) is 204 Å². The fourth-order valence-corrected chi connectivity index (χ4v) is 13.0. The van der Waals surface area contributed by atoms with E-state index in [1.165, 1.54) is 107 Å². The lowest BCUT2D eigenvalue weighted by Gasteiger charge is -2.11. The van der Waals surface area contributed by atoms with Crippen molar-refractivity contribution in [1.29, 1.82) is 0 Å². The molecule has 21 nitrogen and oxygen atoms in total. The van der Waals surface area contributed by atoms with Gasteiger partial charge in [0.15, 0.2) is 0 Å². The molecular weight excluding hydrogens is 1590 g/mol. The van der Waals surface area contributed by atoms with E-state index in [1.807, 2.05) is 43.4 Å². The average molecular weight is 1660 g/mol. The zero-order valence-electron chi connectivity index (χ0n) is 66.5. The monoisotopic (exact) mass is 1660 g/mol. The zero-order valence-corrected chi connectivity index (χ0v) is 66.5. The Kier molecular flexibility index (Phi) is 27.7. The van der Waals surface area contributed by atoms with Gasteiger partial charge in [0.05, 0.1) is 124 Å². The first kappa shape index (κ1) is 85.0. The highest BCUT2D eigenvalue weighted by Gasteiger charge is 2.24. The number of benzene rings is 11. The number of aryl methyl sites for hydroxylation is 1. The number of aromatic amines is 4. The molecule has 620 valence electrons. The fourth-order valence-electron chi connectivity index (χ4n) is 13.0. The third-order valence-corrected chi connectivity index (χ3v) is 19.2. The summed E-state index contributed by atoms with van der Waals surface area (Å²) in [6.45, 7) is 2.61. The van der Waals surface area contributed by atoms with Crippen molar-refractivity contribution >= 4 is 116 Å². The lowest BCUT2D eigenvalue weighted by Crippen LogP contribution is -2.23. The van der Waals surface area contributed by atoms with Crippen LogP contribution in [0.3, 0.4) is 0 Å². The van der Waals surface area contributed by atoms with Crippen LogP contribution in [-0.4, -0.2) is 92.9 Å². The second-order valence-electron chi connectivity index (χ2n) is 27.3. The van der Waals surface area contributed by atoms with Gasteiger partial charge in [-0.1, -0.05) is 115 Å². The Morgan fingerprint density at radius 2 is 0.642 bits per heavy atom. The van der Waals surface area contributed by atoms with Crippen LogP contribution < -0.4 is 40.2 Å². The van der Waals surface area contributed by atoms with Gasteiger partial charge in [-0.25, -0.2) is 30.7 Å². The van der Waals surface area contributed by atoms with E-state index < -0.39 is 5.91 Å². The summed E-state index contributed by atoms with van der Waals surface area (Å²) >= 11 is 0. The molecular formula is C95H77F7N12O9. The van der Waals surface area contributed by atoms with Crippen LogP contribution in [0.4, 0.5) is 30.7 Å². The Labute approximate surface area is 699 Å². The maximum Gasteiger partial charge on any atom is 0.255 e. The van der Waals surface area contributed by atoms with E-state index in [-0.39, 0.29) is 84.6 Å². The number of aromatic nitrogens is 8. The molecule has 8 N–H and O–H groups in total. The van der Waals surface area contributed by atoms with Gasteiger partial charge >= 0.3 is 0 Å². The summed E-state index contributed by atoms with van der Waals surface area (Å²) < 4.78 is 120. The topological polar surface area (TPSA) is 281 Å². The Morgan fingerprint density at radius 1 is 0.325 bits per heavy atom. The third-order valence-electron chi connectivity index (χ3n) is 19.2. The van der Waals surface area contributed by atoms with Crippen molar-refractivity contribution in [3.8, 4) is 23.0 Å². The van der Waals surface area contributed by atoms with E-state index in [2.05, 4.69) is 62.1 Å². The number of hydrogen-bond donors (Lipinski definition) is 8. The molecule has 0 spiro atoms. The molecule has 5 heterocycles. The summed E-state index contributed by atoms with van der Waals surface area (Å²) in [5, 5.41) is 42.7. The SMILES string of the molecule is COc1c(C(=O)NCc2ccc(C)o2)ccc2n[nH]c(/C=C/c3ccc(F)cc3)c12.COc1c(C(=O)NCc2ccc(F)cc2)ccc2n[nH]c(/C=C/c3ccc(F)cc3)c12.COc1c(C(=O)NCc2cccc(F)c2)ccc2n[nH]c(/C=C/c3ccc(F)cc3)c12.COc1c(C(=O)NCc2ccccc2F)ccc2n[nH]c(/C=C/c3ccc(F)cc3)c12. The number of ether oxygens (including phenoxy) is 4. The van der Waals surface area contributed by atoms with Crippen molar-refractivity contribution in [1.82, 2.24) is 62.1 Å². The lowest BCUT2D eigenvalue weighted by molar-refractivity contribution is 0.0937. The molecule has 0 unspecified atom stereocenters. The molecule has 5 aromatic heterocycles. The van der Waals surface area contributed by atoms with Gasteiger partial charge in [0.25, 0.3) is 23.6 Å². The third kappa shape index (κ3) is 21.4. The van der Waals surface area contributed by atoms with Crippen LogP contribution in [0.5, 0.6) is 23.0 Å². The Morgan fingerprint density at radius 3 is 0.959 bits per heavy atom. The average Bonchev–Trinajstić information content (AvgIpc) is 1.68. The summed E-state index contributed by atoms with van der Waals surface area (Å²) in [7, 11) is 5.97. The maximum atomic E-state index is 13.8. The van der Waals surface area contributed by atoms with Crippen LogP contribution in [0, 0.1) is 47.6 Å². The van der Waals surface area contributed by atoms with Crippen LogP contribution in [0.2, 0.25) is 0 Å². The van der Waals surface area contributed by atoms with Crippen molar-refractivity contribution in [2.75, 3.05) is 28.4 Å². The maximum absolute atomic E-state index is 13.8. The van der Waals surface area contributed by atoms with Crippen LogP contribution in [-0.2, 0) is 26.2 Å². The van der Waals surface area contributed by atoms with Gasteiger partial charge in [0.1, 0.15) is 75.2 Å². The molecule has 0 saturated carbocycles. The van der Waals surface area contributed by atoms with Crippen LogP contribution >= 0.6 is 0 Å². The number of furan rings is 1. The highest BCUT2D eigenvalue weighted by atomic mass is 19.2. The first-order valence-electron chi connectivity index (χ1n) is 38.1. The van der Waals surface area contributed by atoms with Crippen molar-refractivity contribution in [2.24, 2.45) is 0 Å². The number of fused-ring (bicyclic) bond motifs is 4. The van der Waals surface area contributed by atoms with Crippen molar-refractivity contribution < 1.29 is 73.3 Å². The zero-order chi connectivity index (χ0) is 86.5. The van der Waals surface area contributed by atoms with Crippen molar-refractivity contribution in [3.63, 3.8) is 0 Å². The first-order chi connectivity index (χ1) is 59.7. The smallest absolute Gasteiger partial charge is 0.255 e. The van der Waals surface area contributed by atoms with Gasteiger partial charge < -0.3 is 44.6 Å². The molecule has 0 aliphatic rings. The molecule has 0 atom stereocenters. The van der Waals surface area contributed by atoms with E-state index in [0.717, 1.165) is 33.6 Å². The molecule has 4 amide bonds. The number of nitrogens with zero attached hydrogens (tertiary/aromatic N) is 4. The molecule has 16 aromatic rings. The Bertz CT molecular complexity index is 6580. The predicted molar refractivity (Wildman–Crippen MR) is 459 cm³/mol. The molecule has 28 heteroatoms. The van der Waals surface area contributed by atoms with Gasteiger partial charge in [0, 0.05) is 25.2 Å². The Balaban J connectivity index is 0.000000141. The first-order valence-corrected chi connectivity index (χ1v) is 38.1. The number of nitrogens with one attached hydrogen (secondary N) is 8. The van der Waals surface area contributed by atoms with Crippen LogP contribution in [0.15, 0.2) is 235 Å². The molecule has 16 rings (SSSR count). The minimum atomic E-state index is -0.392. The minimum Gasteiger partial charge on any atom is -0.495 e. The number of carbonyl (C=O) groups excluding carboxylic acids is 4. The number of rotatable bonds is 24. The molecule has 0 saturated heterocycles. The number of amides is 4. The molecule has 123 heavy (non-hydrogen) atoms. The van der Waals surface area contributed by atoms with Crippen molar-refractivity contribution in [3.05, 3.63) is 367 Å². The summed E-state index contributed by atoms with van der Waals surface area (Å²) in [6, 6.07) is 59.8. The van der Waals surface area contributed by atoms with E-state index in [0.29, 0.717) is 129 Å². The number of halogens is 7. The number of hydrogen-bond acceptors (Lipinski definition) is 13. The summed E-state index contributed by atoms with van der Waals surface area (Å²) in [6.07, 6.45) is 14.4. The quantitative estimate of drug-likeness (QED) is 0.0262. The van der Waals surface area contributed by atoms with Gasteiger partial charge in [-0.15, -0.1) is 0 Å². The second kappa shape index (κ2) is 40.1. The highest BCUT2D eigenvalue weighted by molar-refractivity contribution is 6.09. The van der Waals surface area contributed by atoms with E-state index in [4.69, 9.17) is 23.4 Å². The second-order valence-corrected chi connectivity index (χ2v) is 27.3. The molecule has 11 aromatic carbocycles. The largest absolute Gasteiger partial charge is 0.495 e. The minimum absolute atomic E-state index is 0.0510. The number of carbonyl (C=O) groups is 4. The Hall–Kier alpha value is -15.9. The molecule has 0 aliphatic heterocycles. The van der Waals surface area contributed by atoms with E-state index >= 15 is 0 Å². The van der Waals surface area contributed by atoms with Gasteiger partial charge in [0.2, 0.25) is 0 Å². The van der Waals surface area contributed by atoms with Crippen molar-refractivity contribution in [2.45, 2.75) is 33.1 Å². The van der Waals surface area contributed by atoms with E-state index in [9.17, 15) is 49.9 Å². The van der Waals surface area contributed by atoms with Crippen LogP contribution in [0.25, 0.3) is 92.2 Å². The van der Waals surface area contributed by atoms with Crippen LogP contribution in [0.1, 0.15) is 115 Å². The molecule has 0 radical (unpaired) electrons. The standard InChI is InChI=1S/3C24H19F2N3O2.C23H20FN3O3/c1-31-23-19(24(30)27-14-16-4-9-18(26)10-5-16)11-13-21-22(23)20(28-29-21)12-6-15-2-7-17(25)8-3-15;1-31-23-19(24(30)27-14-16-3-2-4-18(26)13-16)10-12-21-22(23)20(28-29-21)11-7-15-5-8-17(25)9-6-15;1-31-23-18(24(30)27-14-16-4-2-3-5-19(16)26)11-13-21-22(23)20(28-29-21)12-8-15-6-9-17(25)10-7-15;1-14-3-9-17(30-14)13-25-23(28)18-10-12-20-21(22(18)29-2)19(26-27-20)11-6-15-4-7-16(24)8-5-15/h3*2-13H,14H2,1H3,(H,27,30)(H,28,29);3-12H,13H2,1-2H3,(H,25,28)(H,26,27)/b12-6+;11-7+;12-8+;11-6+. The fraction of sp³-hybridized carbons (Fsp3) is 0.0947. The van der Waals surface area contributed by atoms with E-state index in [1.54, 1.807) is 164 Å². The summed E-state index contributed by atoms with van der Waals surface area (Å²) in [5.74, 6) is -0.614. The summed E-state index contributed by atoms with van der Waals surface area (Å²) in [5.41, 5.74) is 11.7.